The monoisotopic (exact) mass is 426 g/mol. The number of nitrogens with one attached hydrogen (secondary N) is 3. The normalized spacial score (nSPS) is 10.4. The van der Waals surface area contributed by atoms with Gasteiger partial charge in [0.05, 0.1) is 43.5 Å². The van der Waals surface area contributed by atoms with Crippen LogP contribution in [0.2, 0.25) is 5.02 Å². The molecule has 30 heavy (non-hydrogen) atoms. The molecule has 3 rings (SSSR count). The van der Waals surface area contributed by atoms with E-state index in [0.29, 0.717) is 34.4 Å². The molecule has 8 heteroatoms. The molecule has 0 fully saturated rings. The quantitative estimate of drug-likeness (QED) is 0.450. The first kappa shape index (κ1) is 21.3. The Hall–Kier alpha value is -3.45. The molecule has 3 aromatic rings. The molecule has 0 unspecified atom stereocenters. The first-order chi connectivity index (χ1) is 14.5. The van der Waals surface area contributed by atoms with Crippen molar-refractivity contribution in [2.24, 2.45) is 0 Å². The number of amides is 1. The molecule has 0 spiro atoms. The van der Waals surface area contributed by atoms with E-state index >= 15 is 0 Å². The molecule has 0 atom stereocenters. The number of aromatic amines is 1. The van der Waals surface area contributed by atoms with Gasteiger partial charge >= 0.3 is 0 Å². The van der Waals surface area contributed by atoms with Gasteiger partial charge in [0, 0.05) is 17.2 Å². The Balaban J connectivity index is 1.83. The molecule has 1 heterocycles. The second-order valence-corrected chi connectivity index (χ2v) is 6.84. The number of H-pyrrole nitrogens is 1. The average Bonchev–Trinajstić information content (AvgIpc) is 3.23. The minimum absolute atomic E-state index is 0.281. The molecule has 0 bridgehead atoms. The summed E-state index contributed by atoms with van der Waals surface area (Å²) in [6, 6.07) is 11.1. The third kappa shape index (κ3) is 4.41. The SMILES string of the molecule is C=CC(=O)Nc1ccccc1-c1cc(CNc2c(C)c(OC)cc(OC)c2Cl)[nH]n1. The zero-order chi connectivity index (χ0) is 21.7. The van der Waals surface area contributed by atoms with Crippen molar-refractivity contribution in [2.45, 2.75) is 13.5 Å². The highest BCUT2D eigenvalue weighted by Crippen LogP contribution is 2.40. The summed E-state index contributed by atoms with van der Waals surface area (Å²) in [7, 11) is 3.16. The van der Waals surface area contributed by atoms with E-state index in [2.05, 4.69) is 27.4 Å². The number of nitrogens with zero attached hydrogens (tertiary/aromatic N) is 1. The Morgan fingerprint density at radius 1 is 1.23 bits per heavy atom. The van der Waals surface area contributed by atoms with Crippen molar-refractivity contribution in [3.05, 3.63) is 65.3 Å². The summed E-state index contributed by atoms with van der Waals surface area (Å²) < 4.78 is 10.7. The second kappa shape index (κ2) is 9.37. The first-order valence-corrected chi connectivity index (χ1v) is 9.58. The maximum Gasteiger partial charge on any atom is 0.247 e. The molecule has 0 radical (unpaired) electrons. The van der Waals surface area contributed by atoms with Crippen LogP contribution in [0.1, 0.15) is 11.3 Å². The van der Waals surface area contributed by atoms with Gasteiger partial charge in [0.25, 0.3) is 0 Å². The van der Waals surface area contributed by atoms with Crippen molar-refractivity contribution in [1.82, 2.24) is 10.2 Å². The van der Waals surface area contributed by atoms with E-state index < -0.39 is 0 Å². The molecule has 0 aliphatic heterocycles. The van der Waals surface area contributed by atoms with E-state index in [1.54, 1.807) is 20.3 Å². The summed E-state index contributed by atoms with van der Waals surface area (Å²) in [6.45, 7) is 5.85. The lowest BCUT2D eigenvalue weighted by Gasteiger charge is -2.16. The number of aromatic nitrogens is 2. The number of carbonyl (C=O) groups is 1. The molecule has 3 N–H and O–H groups in total. The van der Waals surface area contributed by atoms with Crippen LogP contribution in [0.3, 0.4) is 0 Å². The zero-order valence-electron chi connectivity index (χ0n) is 17.0. The van der Waals surface area contributed by atoms with Gasteiger partial charge in [-0.25, -0.2) is 0 Å². The summed E-state index contributed by atoms with van der Waals surface area (Å²) in [5.41, 5.74) is 4.60. The Bertz CT molecular complexity index is 1050. The number of para-hydroxylation sites is 1. The molecule has 0 saturated heterocycles. The van der Waals surface area contributed by atoms with E-state index in [1.165, 1.54) is 6.08 Å². The Morgan fingerprint density at radius 2 is 1.97 bits per heavy atom. The third-order valence-corrected chi connectivity index (χ3v) is 4.99. The van der Waals surface area contributed by atoms with Gasteiger partial charge < -0.3 is 20.1 Å². The number of methoxy groups -OCH3 is 2. The Kier molecular flexibility index (Phi) is 6.64. The largest absolute Gasteiger partial charge is 0.496 e. The van der Waals surface area contributed by atoms with E-state index in [0.717, 1.165) is 22.5 Å². The molecular formula is C22H23ClN4O3. The lowest BCUT2D eigenvalue weighted by molar-refractivity contribution is -0.111. The van der Waals surface area contributed by atoms with Gasteiger partial charge in [-0.05, 0) is 25.1 Å². The summed E-state index contributed by atoms with van der Waals surface area (Å²) in [5, 5.41) is 14.0. The molecule has 2 aromatic carbocycles. The van der Waals surface area contributed by atoms with E-state index in [-0.39, 0.29) is 5.91 Å². The minimum Gasteiger partial charge on any atom is -0.496 e. The van der Waals surface area contributed by atoms with Crippen molar-refractivity contribution in [3.63, 3.8) is 0 Å². The van der Waals surface area contributed by atoms with Crippen LogP contribution in [0.4, 0.5) is 11.4 Å². The fraction of sp³-hybridized carbons (Fsp3) is 0.182. The number of ether oxygens (including phenoxy) is 2. The summed E-state index contributed by atoms with van der Waals surface area (Å²) >= 11 is 6.48. The van der Waals surface area contributed by atoms with Crippen LogP contribution in [-0.4, -0.2) is 30.3 Å². The van der Waals surface area contributed by atoms with Crippen molar-refractivity contribution >= 4 is 28.9 Å². The predicted molar refractivity (Wildman–Crippen MR) is 119 cm³/mol. The third-order valence-electron chi connectivity index (χ3n) is 4.62. The summed E-state index contributed by atoms with van der Waals surface area (Å²) in [5.74, 6) is 0.923. The maximum absolute atomic E-state index is 11.7. The van der Waals surface area contributed by atoms with Crippen LogP contribution in [-0.2, 0) is 11.3 Å². The van der Waals surface area contributed by atoms with Crippen molar-refractivity contribution in [1.29, 1.82) is 0 Å². The minimum atomic E-state index is -0.281. The number of hydrogen-bond donors (Lipinski definition) is 3. The number of carbonyl (C=O) groups excluding carboxylic acids is 1. The molecule has 156 valence electrons. The van der Waals surface area contributed by atoms with Crippen LogP contribution in [0, 0.1) is 6.92 Å². The van der Waals surface area contributed by atoms with Crippen molar-refractivity contribution in [2.75, 3.05) is 24.9 Å². The van der Waals surface area contributed by atoms with Gasteiger partial charge in [0.2, 0.25) is 5.91 Å². The van der Waals surface area contributed by atoms with E-state index in [4.69, 9.17) is 21.1 Å². The zero-order valence-corrected chi connectivity index (χ0v) is 17.8. The van der Waals surface area contributed by atoms with Crippen LogP contribution in [0.15, 0.2) is 49.1 Å². The van der Waals surface area contributed by atoms with Gasteiger partial charge in [-0.15, -0.1) is 0 Å². The number of hydrogen-bond acceptors (Lipinski definition) is 5. The number of anilines is 2. The smallest absolute Gasteiger partial charge is 0.247 e. The molecule has 1 amide bonds. The van der Waals surface area contributed by atoms with Gasteiger partial charge in [-0.2, -0.15) is 5.10 Å². The van der Waals surface area contributed by atoms with E-state index in [1.807, 2.05) is 37.3 Å². The standard InChI is InChI=1S/C22H23ClN4O3/c1-5-20(28)25-16-9-7-6-8-15(16)17-10-14(26-27-17)12-24-22-13(2)18(29-3)11-19(30-4)21(22)23/h5-11,24H,1,12H2,2-4H3,(H,25,28)(H,26,27). The van der Waals surface area contributed by atoms with Gasteiger partial charge in [0.1, 0.15) is 16.5 Å². The lowest BCUT2D eigenvalue weighted by atomic mass is 10.1. The van der Waals surface area contributed by atoms with Crippen molar-refractivity contribution in [3.8, 4) is 22.8 Å². The topological polar surface area (TPSA) is 88.3 Å². The molecule has 0 aliphatic carbocycles. The number of benzene rings is 2. The summed E-state index contributed by atoms with van der Waals surface area (Å²) in [6.07, 6.45) is 1.23. The van der Waals surface area contributed by atoms with Gasteiger partial charge in [-0.1, -0.05) is 36.4 Å². The van der Waals surface area contributed by atoms with Crippen LogP contribution in [0.5, 0.6) is 11.5 Å². The molecular weight excluding hydrogens is 404 g/mol. The number of halogens is 1. The highest BCUT2D eigenvalue weighted by atomic mass is 35.5. The summed E-state index contributed by atoms with van der Waals surface area (Å²) in [4.78, 5) is 11.7. The Morgan fingerprint density at radius 3 is 2.67 bits per heavy atom. The van der Waals surface area contributed by atoms with Gasteiger partial charge in [-0.3, -0.25) is 9.89 Å². The van der Waals surface area contributed by atoms with Crippen LogP contribution < -0.4 is 20.1 Å². The van der Waals surface area contributed by atoms with Crippen molar-refractivity contribution < 1.29 is 14.3 Å². The predicted octanol–water partition coefficient (Wildman–Crippen LogP) is 4.79. The second-order valence-electron chi connectivity index (χ2n) is 6.47. The fourth-order valence-electron chi connectivity index (χ4n) is 3.05. The van der Waals surface area contributed by atoms with Crippen LogP contribution >= 0.6 is 11.6 Å². The lowest BCUT2D eigenvalue weighted by Crippen LogP contribution is -2.08. The Labute approximate surface area is 180 Å². The highest BCUT2D eigenvalue weighted by Gasteiger charge is 2.16. The van der Waals surface area contributed by atoms with E-state index in [9.17, 15) is 4.79 Å². The average molecular weight is 427 g/mol. The molecule has 0 saturated carbocycles. The van der Waals surface area contributed by atoms with Crippen LogP contribution in [0.25, 0.3) is 11.3 Å². The molecule has 1 aromatic heterocycles. The molecule has 0 aliphatic rings. The first-order valence-electron chi connectivity index (χ1n) is 9.20. The number of rotatable bonds is 8. The highest BCUT2D eigenvalue weighted by molar-refractivity contribution is 6.35. The fourth-order valence-corrected chi connectivity index (χ4v) is 3.39. The maximum atomic E-state index is 11.7. The van der Waals surface area contributed by atoms with Gasteiger partial charge in [0.15, 0.2) is 0 Å². The molecule has 7 nitrogen and oxygen atoms in total.